The molecular formula is C6H12AlCl5. The highest BCUT2D eigenvalue weighted by Crippen LogP contribution is 2.16. The summed E-state index contributed by atoms with van der Waals surface area (Å²) in [5, 5.41) is 2.47. The highest BCUT2D eigenvalue weighted by Gasteiger charge is 2.07. The maximum Gasteiger partial charge on any atom is 0.399 e. The number of alkyl halides is 4. The first-order valence-electron chi connectivity index (χ1n) is 3.66. The first kappa shape index (κ1) is 16.4. The molecule has 12 heavy (non-hydrogen) atoms. The molecular weight excluding hydrogens is 276 g/mol. The lowest BCUT2D eigenvalue weighted by molar-refractivity contribution is 1.29. The van der Waals surface area contributed by atoms with Gasteiger partial charge in [0, 0.05) is 0 Å². The molecule has 0 aliphatic carbocycles. The Bertz CT molecular complexity index is 78.0. The van der Waals surface area contributed by atoms with Crippen molar-refractivity contribution in [3.05, 3.63) is 0 Å². The maximum absolute atomic E-state index is 5.79. The predicted octanol–water partition coefficient (Wildman–Crippen LogP) is 4.85. The molecule has 0 fully saturated rings. The summed E-state index contributed by atoms with van der Waals surface area (Å²) in [6.07, 6.45) is 0. The van der Waals surface area contributed by atoms with Gasteiger partial charge in [0.1, 0.15) is 9.67 Å². The first-order chi connectivity index (χ1) is 5.45. The summed E-state index contributed by atoms with van der Waals surface area (Å²) in [6, 6.07) is 0. The van der Waals surface area contributed by atoms with Crippen molar-refractivity contribution in [2.75, 3.05) is 0 Å². The Morgan fingerprint density at radius 2 is 1.17 bits per heavy atom. The van der Waals surface area contributed by atoms with E-state index in [4.69, 9.17) is 56.5 Å². The molecule has 0 spiro atoms. The quantitative estimate of drug-likeness (QED) is 0.514. The van der Waals surface area contributed by atoms with E-state index in [0.29, 0.717) is 0 Å². The third-order valence-electron chi connectivity index (χ3n) is 1.08. The smallest absolute Gasteiger partial charge is 0.261 e. The second kappa shape index (κ2) is 11.1. The topological polar surface area (TPSA) is 0 Å². The zero-order valence-electron chi connectivity index (χ0n) is 7.04. The summed E-state index contributed by atoms with van der Waals surface area (Å²) in [7, 11) is 5.79. The largest absolute Gasteiger partial charge is 0.399 e. The van der Waals surface area contributed by atoms with Gasteiger partial charge in [0.05, 0.1) is 0 Å². The molecule has 0 saturated heterocycles. The van der Waals surface area contributed by atoms with Crippen LogP contribution in [0.4, 0.5) is 0 Å². The van der Waals surface area contributed by atoms with Crippen molar-refractivity contribution in [3.63, 3.8) is 0 Å². The minimum atomic E-state index is -0.688. The van der Waals surface area contributed by atoms with Crippen molar-refractivity contribution in [1.82, 2.24) is 0 Å². The monoisotopic (exact) mass is 286 g/mol. The number of hydrogen-bond donors (Lipinski definition) is 0. The molecule has 0 aromatic carbocycles. The summed E-state index contributed by atoms with van der Waals surface area (Å²) >= 11 is 19.8. The molecule has 0 aromatic heterocycles. The minimum Gasteiger partial charge on any atom is -0.261 e. The fourth-order valence-corrected chi connectivity index (χ4v) is 0.866. The Morgan fingerprint density at radius 1 is 0.917 bits per heavy atom. The van der Waals surface area contributed by atoms with E-state index >= 15 is 0 Å². The summed E-state index contributed by atoms with van der Waals surface area (Å²) < 4.78 is 0. The second-order valence-electron chi connectivity index (χ2n) is 2.08. The fourth-order valence-electron chi connectivity index (χ4n) is 0.289. The Labute approximate surface area is 103 Å². The van der Waals surface area contributed by atoms with Gasteiger partial charge in [-0.15, -0.1) is 46.4 Å². The van der Waals surface area contributed by atoms with Crippen LogP contribution in [0.5, 0.6) is 0 Å². The number of rotatable bonds is 3. The lowest BCUT2D eigenvalue weighted by Gasteiger charge is -1.95. The molecule has 0 unspecified atom stereocenters. The van der Waals surface area contributed by atoms with E-state index in [1.807, 2.05) is 0 Å². The van der Waals surface area contributed by atoms with E-state index < -0.39 is 22.9 Å². The van der Waals surface area contributed by atoms with Gasteiger partial charge in [0.25, 0.3) is 0 Å². The molecule has 0 bridgehead atoms. The van der Waals surface area contributed by atoms with Crippen LogP contribution in [0.3, 0.4) is 0 Å². The highest BCUT2D eigenvalue weighted by atomic mass is 35.6. The zero-order valence-corrected chi connectivity index (χ0v) is 12.0. The molecule has 0 amide bonds. The molecule has 0 saturated carbocycles. The van der Waals surface area contributed by atoms with Crippen LogP contribution in [0, 0.1) is 0 Å². The maximum atomic E-state index is 5.79. The SMILES string of the molecule is C[CH2][Al]([Cl])[CH2]C.ClC(Cl)C(Cl)Cl. The first-order valence-corrected chi connectivity index (χ1v) is 8.78. The van der Waals surface area contributed by atoms with Gasteiger partial charge in [-0.1, -0.05) is 24.4 Å². The van der Waals surface area contributed by atoms with Gasteiger partial charge in [0.15, 0.2) is 0 Å². The van der Waals surface area contributed by atoms with Gasteiger partial charge in [0.2, 0.25) is 0 Å². The van der Waals surface area contributed by atoms with Gasteiger partial charge in [-0.05, 0) is 0 Å². The van der Waals surface area contributed by atoms with Gasteiger partial charge in [-0.25, -0.2) is 0 Å². The van der Waals surface area contributed by atoms with Crippen LogP contribution >= 0.6 is 56.5 Å². The van der Waals surface area contributed by atoms with E-state index in [-0.39, 0.29) is 0 Å². The molecule has 0 atom stereocenters. The Balaban J connectivity index is 0. The molecule has 0 aliphatic rings. The summed E-state index contributed by atoms with van der Waals surface area (Å²) in [5.74, 6) is 0. The van der Waals surface area contributed by atoms with E-state index in [9.17, 15) is 0 Å². The van der Waals surface area contributed by atoms with E-state index in [2.05, 4.69) is 13.8 Å². The van der Waals surface area contributed by atoms with Crippen LogP contribution in [-0.4, -0.2) is 22.9 Å². The van der Waals surface area contributed by atoms with E-state index in [1.165, 1.54) is 10.6 Å². The van der Waals surface area contributed by atoms with Crippen LogP contribution in [0.2, 0.25) is 10.6 Å². The second-order valence-corrected chi connectivity index (χ2v) is 9.09. The third kappa shape index (κ3) is 14.5. The van der Waals surface area contributed by atoms with Crippen molar-refractivity contribution in [2.45, 2.75) is 34.1 Å². The predicted molar refractivity (Wildman–Crippen MR) is 63.6 cm³/mol. The van der Waals surface area contributed by atoms with Crippen LogP contribution in [0.15, 0.2) is 0 Å². The molecule has 0 nitrogen and oxygen atoms in total. The van der Waals surface area contributed by atoms with Crippen LogP contribution in [-0.2, 0) is 0 Å². The fraction of sp³-hybridized carbons (Fsp3) is 1.00. The number of halogens is 5. The van der Waals surface area contributed by atoms with Crippen molar-refractivity contribution >= 4 is 69.7 Å². The van der Waals surface area contributed by atoms with Crippen molar-refractivity contribution < 1.29 is 0 Å². The van der Waals surface area contributed by atoms with Crippen molar-refractivity contribution in [2.24, 2.45) is 0 Å². The summed E-state index contributed by atoms with van der Waals surface area (Å²) in [5.41, 5.74) is 0. The molecule has 74 valence electrons. The summed E-state index contributed by atoms with van der Waals surface area (Å²) in [4.78, 5) is -1.35. The lowest BCUT2D eigenvalue weighted by Crippen LogP contribution is -1.96. The average Bonchev–Trinajstić information content (AvgIpc) is 2.04. The van der Waals surface area contributed by atoms with Crippen LogP contribution < -0.4 is 0 Å². The van der Waals surface area contributed by atoms with Gasteiger partial charge in [-0.2, -0.15) is 0 Å². The van der Waals surface area contributed by atoms with E-state index in [0.717, 1.165) is 0 Å². The van der Waals surface area contributed by atoms with Gasteiger partial charge >= 0.3 is 13.2 Å². The Hall–Kier alpha value is 1.98. The van der Waals surface area contributed by atoms with Gasteiger partial charge in [-0.3, -0.25) is 10.0 Å². The molecule has 0 aliphatic heterocycles. The minimum absolute atomic E-state index is 0.673. The highest BCUT2D eigenvalue weighted by molar-refractivity contribution is 7.06. The van der Waals surface area contributed by atoms with Crippen LogP contribution in [0.25, 0.3) is 0 Å². The molecule has 0 heterocycles. The molecule has 6 heteroatoms. The Morgan fingerprint density at radius 3 is 1.17 bits per heavy atom. The zero-order chi connectivity index (χ0) is 10.1. The molecule has 0 aromatic rings. The third-order valence-corrected chi connectivity index (χ3v) is 6.22. The Kier molecular flexibility index (Phi) is 15.1. The molecule has 0 rings (SSSR count). The standard InChI is InChI=1S/C2H2Cl4.2C2H5.Al.ClH/c3-1(4)2(5)6;2*1-2;;/h1-2H;2*1H2,2H3;;1H/q;;;+1;/p-1. The van der Waals surface area contributed by atoms with Crippen LogP contribution in [0.1, 0.15) is 13.8 Å². The summed E-state index contributed by atoms with van der Waals surface area (Å²) in [6.45, 7) is 4.32. The lowest BCUT2D eigenvalue weighted by atomic mass is 10.9. The van der Waals surface area contributed by atoms with Crippen molar-refractivity contribution in [1.29, 1.82) is 0 Å². The number of hydrogen-bond acceptors (Lipinski definition) is 0. The average molecular weight is 288 g/mol. The molecule has 0 radical (unpaired) electrons. The van der Waals surface area contributed by atoms with E-state index in [1.54, 1.807) is 0 Å². The van der Waals surface area contributed by atoms with Crippen molar-refractivity contribution in [3.8, 4) is 0 Å². The van der Waals surface area contributed by atoms with Gasteiger partial charge < -0.3 is 0 Å². The normalized spacial score (nSPS) is 9.75. The molecule has 0 N–H and O–H groups in total.